The van der Waals surface area contributed by atoms with Crippen molar-refractivity contribution in [3.05, 3.63) is 30.1 Å². The summed E-state index contributed by atoms with van der Waals surface area (Å²) in [4.78, 5) is 4.00. The Morgan fingerprint density at radius 3 is 2.53 bits per heavy atom. The van der Waals surface area contributed by atoms with E-state index in [1.807, 2.05) is 12.1 Å². The summed E-state index contributed by atoms with van der Waals surface area (Å²) < 4.78 is 22.9. The number of rotatable bonds is 9. The van der Waals surface area contributed by atoms with E-state index < -0.39 is 9.84 Å². The number of sulfone groups is 1. The molecule has 1 heterocycles. The molecule has 1 rings (SSSR count). The van der Waals surface area contributed by atoms with Gasteiger partial charge >= 0.3 is 0 Å². The minimum Gasteiger partial charge on any atom is -0.314 e. The molecule has 4 nitrogen and oxygen atoms in total. The average molecular weight is 284 g/mol. The normalized spacial score (nSPS) is 13.4. The molecule has 1 N–H and O–H groups in total. The quantitative estimate of drug-likeness (QED) is 0.751. The molecule has 0 bridgehead atoms. The van der Waals surface area contributed by atoms with Gasteiger partial charge in [-0.1, -0.05) is 13.8 Å². The molecule has 1 atom stereocenters. The van der Waals surface area contributed by atoms with Crippen molar-refractivity contribution in [1.29, 1.82) is 0 Å². The van der Waals surface area contributed by atoms with Crippen LogP contribution in [-0.4, -0.2) is 37.5 Å². The lowest BCUT2D eigenvalue weighted by Crippen LogP contribution is -2.31. The summed E-state index contributed by atoms with van der Waals surface area (Å²) in [6.45, 7) is 4.67. The zero-order valence-electron chi connectivity index (χ0n) is 11.8. The van der Waals surface area contributed by atoms with Crippen LogP contribution in [0.25, 0.3) is 0 Å². The van der Waals surface area contributed by atoms with Crippen LogP contribution >= 0.6 is 0 Å². The second-order valence-corrected chi connectivity index (χ2v) is 7.17. The number of likely N-dealkylation sites (N-methyl/N-ethyl adjacent to an activating group) is 1. The predicted molar refractivity (Wildman–Crippen MR) is 79.0 cm³/mol. The summed E-state index contributed by atoms with van der Waals surface area (Å²) in [6, 6.07) is 4.35. The van der Waals surface area contributed by atoms with Gasteiger partial charge in [0.25, 0.3) is 0 Å². The fraction of sp³-hybridized carbons (Fsp3) is 0.643. The molecule has 0 aliphatic heterocycles. The number of hydrogen-bond donors (Lipinski definition) is 1. The van der Waals surface area contributed by atoms with E-state index in [1.54, 1.807) is 19.3 Å². The van der Waals surface area contributed by atoms with Crippen molar-refractivity contribution in [2.75, 3.05) is 18.1 Å². The summed E-state index contributed by atoms with van der Waals surface area (Å²) >= 11 is 0. The molecule has 108 valence electrons. The summed E-state index contributed by atoms with van der Waals surface area (Å²) in [5.74, 6) is 0.533. The van der Waals surface area contributed by atoms with Crippen LogP contribution in [0.5, 0.6) is 0 Å². The maximum Gasteiger partial charge on any atom is 0.150 e. The highest BCUT2D eigenvalue weighted by Gasteiger charge is 2.12. The molecule has 5 heteroatoms. The van der Waals surface area contributed by atoms with Crippen LogP contribution in [0.2, 0.25) is 0 Å². The van der Waals surface area contributed by atoms with Gasteiger partial charge in [-0.2, -0.15) is 0 Å². The molecule has 1 aromatic heterocycles. The molecule has 0 fully saturated rings. The topological polar surface area (TPSA) is 59.1 Å². The third-order valence-electron chi connectivity index (χ3n) is 3.17. The van der Waals surface area contributed by atoms with Crippen molar-refractivity contribution in [1.82, 2.24) is 10.3 Å². The monoisotopic (exact) mass is 284 g/mol. The lowest BCUT2D eigenvalue weighted by molar-refractivity contribution is 0.484. The molecule has 0 saturated heterocycles. The number of hydrogen-bond acceptors (Lipinski definition) is 4. The molecule has 0 aliphatic rings. The van der Waals surface area contributed by atoms with E-state index in [0.29, 0.717) is 11.8 Å². The summed E-state index contributed by atoms with van der Waals surface area (Å²) in [6.07, 6.45) is 6.11. The molecule has 0 aliphatic carbocycles. The van der Waals surface area contributed by atoms with Crippen LogP contribution in [0.15, 0.2) is 24.5 Å². The van der Waals surface area contributed by atoms with E-state index in [1.165, 1.54) is 5.56 Å². The smallest absolute Gasteiger partial charge is 0.150 e. The number of nitrogens with one attached hydrogen (secondary N) is 1. The van der Waals surface area contributed by atoms with Gasteiger partial charge in [-0.3, -0.25) is 4.98 Å². The van der Waals surface area contributed by atoms with Crippen molar-refractivity contribution in [2.24, 2.45) is 0 Å². The molecule has 0 saturated carbocycles. The van der Waals surface area contributed by atoms with Gasteiger partial charge in [0, 0.05) is 24.2 Å². The van der Waals surface area contributed by atoms with Crippen LogP contribution in [0.4, 0.5) is 0 Å². The molecule has 19 heavy (non-hydrogen) atoms. The van der Waals surface area contributed by atoms with Crippen molar-refractivity contribution in [3.63, 3.8) is 0 Å². The fourth-order valence-electron chi connectivity index (χ4n) is 2.06. The molecule has 0 radical (unpaired) electrons. The van der Waals surface area contributed by atoms with E-state index in [-0.39, 0.29) is 5.75 Å². The van der Waals surface area contributed by atoms with Gasteiger partial charge < -0.3 is 5.32 Å². The van der Waals surface area contributed by atoms with Gasteiger partial charge in [0.05, 0.1) is 5.75 Å². The van der Waals surface area contributed by atoms with Gasteiger partial charge in [-0.15, -0.1) is 0 Å². The average Bonchev–Trinajstić information content (AvgIpc) is 2.40. The van der Waals surface area contributed by atoms with Gasteiger partial charge in [-0.05, 0) is 43.5 Å². The number of aromatic nitrogens is 1. The van der Waals surface area contributed by atoms with Crippen LogP contribution in [0.3, 0.4) is 0 Å². The maximum atomic E-state index is 11.5. The van der Waals surface area contributed by atoms with Gasteiger partial charge in [0.15, 0.2) is 0 Å². The molecule has 1 unspecified atom stereocenters. The van der Waals surface area contributed by atoms with E-state index in [0.717, 1.165) is 25.8 Å². The number of pyridine rings is 1. The Bertz CT molecular complexity index is 446. The third kappa shape index (κ3) is 6.68. The Morgan fingerprint density at radius 2 is 1.95 bits per heavy atom. The Kier molecular flexibility index (Phi) is 7.02. The SMILES string of the molecule is CCNC(CCCS(=O)(=O)CC)Cc1ccncc1. The summed E-state index contributed by atoms with van der Waals surface area (Å²) in [5.41, 5.74) is 1.24. The lowest BCUT2D eigenvalue weighted by atomic mass is 10.0. The molecular formula is C14H24N2O2S. The van der Waals surface area contributed by atoms with Crippen LogP contribution in [0, 0.1) is 0 Å². The first-order chi connectivity index (χ1) is 9.07. The van der Waals surface area contributed by atoms with Crippen molar-refractivity contribution in [2.45, 2.75) is 39.2 Å². The van der Waals surface area contributed by atoms with E-state index in [2.05, 4.69) is 17.2 Å². The molecule has 0 amide bonds. The summed E-state index contributed by atoms with van der Waals surface area (Å²) in [7, 11) is -2.84. The van der Waals surface area contributed by atoms with Crippen LogP contribution in [0.1, 0.15) is 32.3 Å². The number of nitrogens with zero attached hydrogens (tertiary/aromatic N) is 1. The summed E-state index contributed by atoms with van der Waals surface area (Å²) in [5, 5.41) is 3.42. The Labute approximate surface area is 116 Å². The largest absolute Gasteiger partial charge is 0.314 e. The molecule has 1 aromatic rings. The van der Waals surface area contributed by atoms with Gasteiger partial charge in [0.2, 0.25) is 0 Å². The van der Waals surface area contributed by atoms with Crippen molar-refractivity contribution >= 4 is 9.84 Å². The van der Waals surface area contributed by atoms with E-state index in [4.69, 9.17) is 0 Å². The predicted octanol–water partition coefficient (Wildman–Crippen LogP) is 1.82. The Hall–Kier alpha value is -0.940. The lowest BCUT2D eigenvalue weighted by Gasteiger charge is -2.17. The fourth-order valence-corrected chi connectivity index (χ4v) is 2.96. The van der Waals surface area contributed by atoms with Crippen molar-refractivity contribution in [3.8, 4) is 0 Å². The first-order valence-electron chi connectivity index (χ1n) is 6.90. The minimum absolute atomic E-state index is 0.239. The van der Waals surface area contributed by atoms with Crippen LogP contribution < -0.4 is 5.32 Å². The highest BCUT2D eigenvalue weighted by molar-refractivity contribution is 7.91. The van der Waals surface area contributed by atoms with Crippen molar-refractivity contribution < 1.29 is 8.42 Å². The van der Waals surface area contributed by atoms with E-state index >= 15 is 0 Å². The highest BCUT2D eigenvalue weighted by atomic mass is 32.2. The maximum absolute atomic E-state index is 11.5. The highest BCUT2D eigenvalue weighted by Crippen LogP contribution is 2.08. The zero-order valence-corrected chi connectivity index (χ0v) is 12.6. The Balaban J connectivity index is 2.45. The standard InChI is InChI=1S/C14H24N2O2S/c1-3-16-14(6-5-11-19(17,18)4-2)12-13-7-9-15-10-8-13/h7-10,14,16H,3-6,11-12H2,1-2H3. The molecule has 0 spiro atoms. The minimum atomic E-state index is -2.84. The second-order valence-electron chi connectivity index (χ2n) is 4.69. The van der Waals surface area contributed by atoms with Gasteiger partial charge in [0.1, 0.15) is 9.84 Å². The third-order valence-corrected chi connectivity index (χ3v) is 4.96. The van der Waals surface area contributed by atoms with Gasteiger partial charge in [-0.25, -0.2) is 8.42 Å². The molecular weight excluding hydrogens is 260 g/mol. The van der Waals surface area contributed by atoms with Crippen LogP contribution in [-0.2, 0) is 16.3 Å². The van der Waals surface area contributed by atoms with E-state index in [9.17, 15) is 8.42 Å². The second kappa shape index (κ2) is 8.27. The Morgan fingerprint density at radius 1 is 1.26 bits per heavy atom. The molecule has 0 aromatic carbocycles. The zero-order chi connectivity index (χ0) is 14.1. The first-order valence-corrected chi connectivity index (χ1v) is 8.72. The first kappa shape index (κ1) is 16.1.